The maximum atomic E-state index is 3.61. The van der Waals surface area contributed by atoms with Gasteiger partial charge in [-0.2, -0.15) is 0 Å². The topological polar surface area (TPSA) is 15.3 Å². The molecule has 1 unspecified atom stereocenters. The molecule has 1 rings (SSSR count). The Morgan fingerprint density at radius 2 is 1.88 bits per heavy atom. The van der Waals surface area contributed by atoms with Gasteiger partial charge in [0, 0.05) is 19.1 Å². The first-order valence-electron chi connectivity index (χ1n) is 7.60. The summed E-state index contributed by atoms with van der Waals surface area (Å²) in [5.74, 6) is 0. The standard InChI is InChI=1S/C15H32N2/c1-5-10-16-12-15(4,7-3)13-17(11-6-2)14-8-9-14/h14,16H,5-13H2,1-4H3. The molecule has 0 radical (unpaired) electrons. The van der Waals surface area contributed by atoms with Crippen LogP contribution < -0.4 is 5.32 Å². The van der Waals surface area contributed by atoms with E-state index >= 15 is 0 Å². The quantitative estimate of drug-likeness (QED) is 0.590. The molecule has 1 N–H and O–H groups in total. The zero-order valence-corrected chi connectivity index (χ0v) is 12.4. The summed E-state index contributed by atoms with van der Waals surface area (Å²) < 4.78 is 0. The first-order chi connectivity index (χ1) is 8.15. The Labute approximate surface area is 108 Å². The fourth-order valence-electron chi connectivity index (χ4n) is 2.47. The van der Waals surface area contributed by atoms with Gasteiger partial charge in [0.25, 0.3) is 0 Å². The van der Waals surface area contributed by atoms with Crippen LogP contribution in [0.1, 0.15) is 59.8 Å². The molecule has 1 aliphatic carbocycles. The third-order valence-corrected chi connectivity index (χ3v) is 3.99. The van der Waals surface area contributed by atoms with Crippen LogP contribution in [0.4, 0.5) is 0 Å². The van der Waals surface area contributed by atoms with Crippen molar-refractivity contribution in [2.45, 2.75) is 65.8 Å². The minimum atomic E-state index is 0.451. The summed E-state index contributed by atoms with van der Waals surface area (Å²) in [6.45, 7) is 14.2. The fraction of sp³-hybridized carbons (Fsp3) is 1.00. The van der Waals surface area contributed by atoms with E-state index in [4.69, 9.17) is 0 Å². The number of rotatable bonds is 10. The van der Waals surface area contributed by atoms with Crippen molar-refractivity contribution in [1.29, 1.82) is 0 Å². The highest BCUT2D eigenvalue weighted by atomic mass is 15.2. The van der Waals surface area contributed by atoms with Crippen molar-refractivity contribution in [1.82, 2.24) is 10.2 Å². The summed E-state index contributed by atoms with van der Waals surface area (Å²) in [7, 11) is 0. The van der Waals surface area contributed by atoms with Crippen molar-refractivity contribution in [3.05, 3.63) is 0 Å². The Kier molecular flexibility index (Phi) is 6.50. The minimum absolute atomic E-state index is 0.451. The summed E-state index contributed by atoms with van der Waals surface area (Å²) >= 11 is 0. The molecule has 0 amide bonds. The van der Waals surface area contributed by atoms with Crippen LogP contribution in [-0.4, -0.2) is 37.1 Å². The van der Waals surface area contributed by atoms with E-state index in [9.17, 15) is 0 Å². The second-order valence-electron chi connectivity index (χ2n) is 6.04. The van der Waals surface area contributed by atoms with Gasteiger partial charge in [-0.25, -0.2) is 0 Å². The van der Waals surface area contributed by atoms with Crippen molar-refractivity contribution in [3.63, 3.8) is 0 Å². The molecular weight excluding hydrogens is 208 g/mol. The average molecular weight is 240 g/mol. The van der Waals surface area contributed by atoms with Crippen molar-refractivity contribution in [3.8, 4) is 0 Å². The minimum Gasteiger partial charge on any atom is -0.316 e. The summed E-state index contributed by atoms with van der Waals surface area (Å²) in [6, 6.07) is 0.909. The van der Waals surface area contributed by atoms with E-state index in [1.807, 2.05) is 0 Å². The molecule has 0 heterocycles. The second-order valence-corrected chi connectivity index (χ2v) is 6.04. The molecule has 0 aromatic carbocycles. The zero-order valence-electron chi connectivity index (χ0n) is 12.4. The first kappa shape index (κ1) is 15.0. The molecule has 1 saturated carbocycles. The highest BCUT2D eigenvalue weighted by Gasteiger charge is 2.33. The van der Waals surface area contributed by atoms with Gasteiger partial charge in [-0.05, 0) is 50.6 Å². The largest absolute Gasteiger partial charge is 0.316 e. The molecule has 0 aromatic heterocycles. The first-order valence-corrected chi connectivity index (χ1v) is 7.60. The third kappa shape index (κ3) is 5.39. The van der Waals surface area contributed by atoms with E-state index < -0.39 is 0 Å². The van der Waals surface area contributed by atoms with Crippen molar-refractivity contribution in [2.24, 2.45) is 5.41 Å². The lowest BCUT2D eigenvalue weighted by Gasteiger charge is -2.35. The van der Waals surface area contributed by atoms with Gasteiger partial charge >= 0.3 is 0 Å². The molecular formula is C15H32N2. The molecule has 0 aromatic rings. The van der Waals surface area contributed by atoms with Crippen LogP contribution in [0.15, 0.2) is 0 Å². The van der Waals surface area contributed by atoms with Gasteiger partial charge in [0.15, 0.2) is 0 Å². The SMILES string of the molecule is CCCNCC(C)(CC)CN(CCC)C1CC1. The number of hydrogen-bond acceptors (Lipinski definition) is 2. The predicted octanol–water partition coefficient (Wildman–Crippen LogP) is 3.28. The van der Waals surface area contributed by atoms with Gasteiger partial charge in [-0.15, -0.1) is 0 Å². The van der Waals surface area contributed by atoms with Crippen LogP contribution in [0.25, 0.3) is 0 Å². The summed E-state index contributed by atoms with van der Waals surface area (Å²) in [6.07, 6.45) is 6.67. The van der Waals surface area contributed by atoms with Gasteiger partial charge in [-0.1, -0.05) is 27.7 Å². The third-order valence-electron chi connectivity index (χ3n) is 3.99. The lowest BCUT2D eigenvalue weighted by atomic mass is 9.86. The van der Waals surface area contributed by atoms with E-state index in [0.29, 0.717) is 5.41 Å². The van der Waals surface area contributed by atoms with Gasteiger partial charge < -0.3 is 5.32 Å². The summed E-state index contributed by atoms with van der Waals surface area (Å²) in [5.41, 5.74) is 0.451. The summed E-state index contributed by atoms with van der Waals surface area (Å²) in [4.78, 5) is 2.73. The van der Waals surface area contributed by atoms with E-state index in [-0.39, 0.29) is 0 Å². The Hall–Kier alpha value is -0.0800. The van der Waals surface area contributed by atoms with Crippen molar-refractivity contribution < 1.29 is 0 Å². The Balaban J connectivity index is 2.40. The Bertz CT molecular complexity index is 201. The zero-order chi connectivity index (χ0) is 12.7. The van der Waals surface area contributed by atoms with Gasteiger partial charge in [-0.3, -0.25) is 4.90 Å². The molecule has 102 valence electrons. The average Bonchev–Trinajstić information content (AvgIpc) is 3.13. The van der Waals surface area contributed by atoms with Crippen LogP contribution in [-0.2, 0) is 0 Å². The number of nitrogens with zero attached hydrogens (tertiary/aromatic N) is 1. The Morgan fingerprint density at radius 1 is 1.18 bits per heavy atom. The second kappa shape index (κ2) is 7.38. The molecule has 0 aliphatic heterocycles. The van der Waals surface area contributed by atoms with Gasteiger partial charge in [0.1, 0.15) is 0 Å². The molecule has 0 spiro atoms. The van der Waals surface area contributed by atoms with Crippen LogP contribution in [0.3, 0.4) is 0 Å². The molecule has 17 heavy (non-hydrogen) atoms. The normalized spacial score (nSPS) is 19.6. The molecule has 0 saturated heterocycles. The van der Waals surface area contributed by atoms with Gasteiger partial charge in [0.05, 0.1) is 0 Å². The van der Waals surface area contributed by atoms with Crippen molar-refractivity contribution >= 4 is 0 Å². The number of hydrogen-bond donors (Lipinski definition) is 1. The van der Waals surface area contributed by atoms with Crippen LogP contribution in [0.2, 0.25) is 0 Å². The van der Waals surface area contributed by atoms with Gasteiger partial charge in [0.2, 0.25) is 0 Å². The molecule has 2 heteroatoms. The highest BCUT2D eigenvalue weighted by Crippen LogP contribution is 2.31. The van der Waals surface area contributed by atoms with Crippen molar-refractivity contribution in [2.75, 3.05) is 26.2 Å². The maximum Gasteiger partial charge on any atom is 0.00966 e. The molecule has 0 bridgehead atoms. The Morgan fingerprint density at radius 3 is 2.35 bits per heavy atom. The molecule has 1 fully saturated rings. The van der Waals surface area contributed by atoms with E-state index in [1.165, 1.54) is 51.7 Å². The molecule has 2 nitrogen and oxygen atoms in total. The van der Waals surface area contributed by atoms with E-state index in [2.05, 4.69) is 37.9 Å². The smallest absolute Gasteiger partial charge is 0.00966 e. The van der Waals surface area contributed by atoms with E-state index in [1.54, 1.807) is 0 Å². The lowest BCUT2D eigenvalue weighted by molar-refractivity contribution is 0.148. The van der Waals surface area contributed by atoms with Crippen LogP contribution >= 0.6 is 0 Å². The maximum absolute atomic E-state index is 3.61. The predicted molar refractivity (Wildman–Crippen MR) is 76.4 cm³/mol. The lowest BCUT2D eigenvalue weighted by Crippen LogP contribution is -2.43. The monoisotopic (exact) mass is 240 g/mol. The van der Waals surface area contributed by atoms with Crippen LogP contribution in [0.5, 0.6) is 0 Å². The molecule has 1 atom stereocenters. The summed E-state index contributed by atoms with van der Waals surface area (Å²) in [5, 5.41) is 3.61. The highest BCUT2D eigenvalue weighted by molar-refractivity contribution is 4.89. The fourth-order valence-corrected chi connectivity index (χ4v) is 2.47. The number of nitrogens with one attached hydrogen (secondary N) is 1. The van der Waals surface area contributed by atoms with Crippen LogP contribution in [0, 0.1) is 5.41 Å². The van der Waals surface area contributed by atoms with E-state index in [0.717, 1.165) is 12.6 Å². The molecule has 1 aliphatic rings.